The number of fused-ring (bicyclic) bond motifs is 1. The second-order valence-corrected chi connectivity index (χ2v) is 10.4. The minimum absolute atomic E-state index is 0.112. The molecular formula is C30H30ClF4NO4. The Kier molecular flexibility index (Phi) is 9.07. The van der Waals surface area contributed by atoms with Gasteiger partial charge in [0, 0.05) is 54.4 Å². The lowest BCUT2D eigenvalue weighted by molar-refractivity contribution is -0.0521. The van der Waals surface area contributed by atoms with Gasteiger partial charge in [-0.25, -0.2) is 8.78 Å². The molecular weight excluding hydrogens is 550 g/mol. The van der Waals surface area contributed by atoms with Crippen LogP contribution >= 0.6 is 11.6 Å². The van der Waals surface area contributed by atoms with E-state index < -0.39 is 46.0 Å². The summed E-state index contributed by atoms with van der Waals surface area (Å²) in [4.78, 5) is 12.5. The van der Waals surface area contributed by atoms with Crippen LogP contribution < -0.4 is 14.8 Å². The Morgan fingerprint density at radius 1 is 1.15 bits per heavy atom. The summed E-state index contributed by atoms with van der Waals surface area (Å²) in [6.07, 6.45) is 2.22. The van der Waals surface area contributed by atoms with Crippen LogP contribution in [0.3, 0.4) is 0 Å². The molecule has 0 amide bonds. The van der Waals surface area contributed by atoms with E-state index in [9.17, 15) is 13.6 Å². The van der Waals surface area contributed by atoms with Crippen LogP contribution in [-0.4, -0.2) is 37.2 Å². The van der Waals surface area contributed by atoms with E-state index in [2.05, 4.69) is 17.0 Å². The van der Waals surface area contributed by atoms with Crippen molar-refractivity contribution in [3.05, 3.63) is 81.9 Å². The van der Waals surface area contributed by atoms with Gasteiger partial charge in [0.2, 0.25) is 0 Å². The molecule has 1 aliphatic carbocycles. The Balaban J connectivity index is 0.00000181. The van der Waals surface area contributed by atoms with E-state index in [4.69, 9.17) is 21.4 Å². The van der Waals surface area contributed by atoms with E-state index in [-0.39, 0.29) is 23.3 Å². The molecule has 1 fully saturated rings. The molecule has 0 bridgehead atoms. The molecule has 0 aromatic heterocycles. The largest absolute Gasteiger partial charge is 0.480 e. The summed E-state index contributed by atoms with van der Waals surface area (Å²) in [7, 11) is 1.00. The minimum Gasteiger partial charge on any atom is -0.480 e. The molecule has 1 saturated carbocycles. The average molecular weight is 580 g/mol. The van der Waals surface area contributed by atoms with Crippen LogP contribution in [0.1, 0.15) is 48.2 Å². The smallest absolute Gasteiger partial charge is 0.387 e. The molecule has 3 aromatic rings. The first-order valence-electron chi connectivity index (χ1n) is 12.8. The highest BCUT2D eigenvalue weighted by molar-refractivity contribution is 6.34. The third-order valence-corrected chi connectivity index (χ3v) is 7.73. The summed E-state index contributed by atoms with van der Waals surface area (Å²) in [6.45, 7) is 0.465. The standard InChI is InChI=1S/C29H26ClF4NO3.CH4O/c1-15-10-18(11-15)35-14-29(17-6-4-3-5-7-17)13-20-23(38-29)12-21(31)26(30)24(20)25-19(16(2)36)8-9-22(27(25)32)37-28(33)34;1-2/h3-9,12,15,18,28,35H,10-11,13-14H2,1-2H3;2H,1H3/t15?,18?,29-;/m1./s1. The fraction of sp³-hybridized carbons (Fsp3) is 0.367. The number of ketones is 1. The zero-order chi connectivity index (χ0) is 29.2. The molecule has 10 heteroatoms. The van der Waals surface area contributed by atoms with E-state index in [0.29, 0.717) is 24.1 Å². The molecule has 0 radical (unpaired) electrons. The monoisotopic (exact) mass is 579 g/mol. The lowest BCUT2D eigenvalue weighted by Crippen LogP contribution is -2.49. The fourth-order valence-electron chi connectivity index (χ4n) is 5.46. The van der Waals surface area contributed by atoms with Crippen LogP contribution in [0.5, 0.6) is 11.5 Å². The summed E-state index contributed by atoms with van der Waals surface area (Å²) in [5, 5.41) is 10.1. The third kappa shape index (κ3) is 5.68. The van der Waals surface area contributed by atoms with Crippen molar-refractivity contribution in [1.82, 2.24) is 5.32 Å². The van der Waals surface area contributed by atoms with Gasteiger partial charge < -0.3 is 19.9 Å². The first kappa shape index (κ1) is 29.8. The molecule has 1 atom stereocenters. The van der Waals surface area contributed by atoms with Crippen LogP contribution in [0.25, 0.3) is 11.1 Å². The maximum Gasteiger partial charge on any atom is 0.387 e. The van der Waals surface area contributed by atoms with Gasteiger partial charge in [0.15, 0.2) is 23.0 Å². The van der Waals surface area contributed by atoms with Gasteiger partial charge in [0.25, 0.3) is 0 Å². The van der Waals surface area contributed by atoms with Crippen molar-refractivity contribution < 1.29 is 36.9 Å². The highest BCUT2D eigenvalue weighted by Gasteiger charge is 2.45. The first-order chi connectivity index (χ1) is 19.1. The van der Waals surface area contributed by atoms with Crippen molar-refractivity contribution in [2.75, 3.05) is 13.7 Å². The number of alkyl halides is 2. The van der Waals surface area contributed by atoms with Crippen LogP contribution in [0.4, 0.5) is 17.6 Å². The molecule has 2 N–H and O–H groups in total. The summed E-state index contributed by atoms with van der Waals surface area (Å²) in [6, 6.07) is 13.0. The van der Waals surface area contributed by atoms with Crippen LogP contribution in [0.2, 0.25) is 5.02 Å². The summed E-state index contributed by atoms with van der Waals surface area (Å²) in [5.41, 5.74) is -0.431. The molecule has 1 aliphatic heterocycles. The number of aliphatic hydroxyl groups is 1. The number of carbonyl (C=O) groups is 1. The van der Waals surface area contributed by atoms with Crippen molar-refractivity contribution in [2.45, 2.75) is 51.4 Å². The van der Waals surface area contributed by atoms with Crippen LogP contribution in [0, 0.1) is 17.6 Å². The molecule has 0 spiro atoms. The number of halogens is 5. The van der Waals surface area contributed by atoms with E-state index in [0.717, 1.165) is 37.6 Å². The Morgan fingerprint density at radius 3 is 2.42 bits per heavy atom. The predicted molar refractivity (Wildman–Crippen MR) is 144 cm³/mol. The normalized spacial score (nSPS) is 21.1. The van der Waals surface area contributed by atoms with Crippen LogP contribution in [0.15, 0.2) is 48.5 Å². The molecule has 0 unspecified atom stereocenters. The summed E-state index contributed by atoms with van der Waals surface area (Å²) in [5.74, 6) is -2.68. The molecule has 5 rings (SSSR count). The Labute approximate surface area is 235 Å². The Bertz CT molecular complexity index is 1380. The van der Waals surface area contributed by atoms with E-state index >= 15 is 8.78 Å². The highest BCUT2D eigenvalue weighted by atomic mass is 35.5. The number of hydrogen-bond donors (Lipinski definition) is 2. The molecule has 40 heavy (non-hydrogen) atoms. The van der Waals surface area contributed by atoms with Gasteiger partial charge in [-0.2, -0.15) is 8.78 Å². The number of aliphatic hydroxyl groups excluding tert-OH is 1. The number of ether oxygens (including phenoxy) is 2. The highest BCUT2D eigenvalue weighted by Crippen LogP contribution is 2.51. The second kappa shape index (κ2) is 12.2. The van der Waals surface area contributed by atoms with Gasteiger partial charge >= 0.3 is 6.61 Å². The SMILES string of the molecule is CC(=O)c1ccc(OC(F)F)c(F)c1-c1c(Cl)c(F)cc2c1C[C@@](CNC1CC(C)C1)(c1ccccc1)O2.CO. The molecule has 5 nitrogen and oxygen atoms in total. The zero-order valence-corrected chi connectivity index (χ0v) is 23.0. The number of carbonyl (C=O) groups excluding carboxylic acids is 1. The van der Waals surface area contributed by atoms with Gasteiger partial charge in [-0.1, -0.05) is 48.9 Å². The first-order valence-corrected chi connectivity index (χ1v) is 13.2. The number of hydrogen-bond acceptors (Lipinski definition) is 5. The Hall–Kier alpha value is -3.14. The van der Waals surface area contributed by atoms with Crippen LogP contribution in [-0.2, 0) is 12.0 Å². The van der Waals surface area contributed by atoms with Gasteiger partial charge in [-0.15, -0.1) is 0 Å². The van der Waals surface area contributed by atoms with E-state index in [1.54, 1.807) is 0 Å². The maximum absolute atomic E-state index is 15.7. The number of nitrogens with one attached hydrogen (secondary N) is 1. The lowest BCUT2D eigenvalue weighted by Gasteiger charge is -2.37. The minimum atomic E-state index is -3.30. The molecule has 1 heterocycles. The predicted octanol–water partition coefficient (Wildman–Crippen LogP) is 6.92. The fourth-order valence-corrected chi connectivity index (χ4v) is 5.73. The second-order valence-electron chi connectivity index (χ2n) is 10.1. The van der Waals surface area contributed by atoms with Crippen molar-refractivity contribution >= 4 is 17.4 Å². The number of rotatable bonds is 8. The lowest BCUT2D eigenvalue weighted by atomic mass is 9.80. The molecule has 3 aromatic carbocycles. The zero-order valence-electron chi connectivity index (χ0n) is 22.2. The third-order valence-electron chi connectivity index (χ3n) is 7.36. The van der Waals surface area contributed by atoms with E-state index in [1.807, 2.05) is 30.3 Å². The van der Waals surface area contributed by atoms with Crippen molar-refractivity contribution in [1.29, 1.82) is 0 Å². The number of benzene rings is 3. The summed E-state index contributed by atoms with van der Waals surface area (Å²) < 4.78 is 67.7. The molecule has 0 saturated heterocycles. The van der Waals surface area contributed by atoms with Crippen molar-refractivity contribution in [3.8, 4) is 22.6 Å². The molecule has 2 aliphatic rings. The molecule has 214 valence electrons. The maximum atomic E-state index is 15.7. The average Bonchev–Trinajstić information content (AvgIpc) is 3.28. The van der Waals surface area contributed by atoms with Crippen molar-refractivity contribution in [2.24, 2.45) is 5.92 Å². The van der Waals surface area contributed by atoms with Gasteiger partial charge in [-0.3, -0.25) is 4.79 Å². The van der Waals surface area contributed by atoms with Gasteiger partial charge in [0.05, 0.1) is 5.02 Å². The number of Topliss-reactive ketones (excluding diaryl/α,β-unsaturated/α-hetero) is 1. The summed E-state index contributed by atoms with van der Waals surface area (Å²) >= 11 is 6.42. The quantitative estimate of drug-likeness (QED) is 0.224. The van der Waals surface area contributed by atoms with Crippen molar-refractivity contribution in [3.63, 3.8) is 0 Å². The topological polar surface area (TPSA) is 67.8 Å². The Morgan fingerprint density at radius 2 is 1.82 bits per heavy atom. The van der Waals surface area contributed by atoms with Gasteiger partial charge in [0.1, 0.15) is 11.6 Å². The van der Waals surface area contributed by atoms with E-state index in [1.165, 1.54) is 13.0 Å². The van der Waals surface area contributed by atoms with Gasteiger partial charge in [-0.05, 0) is 43.4 Å².